The number of rotatable bonds is 3. The predicted molar refractivity (Wildman–Crippen MR) is 117 cm³/mol. The molecule has 0 aliphatic carbocycles. The molecule has 2 aliphatic heterocycles. The fraction of sp³-hybridized carbons (Fsp3) is 0.650. The van der Waals surface area contributed by atoms with E-state index in [1.807, 2.05) is 11.0 Å². The number of carbonyl (C=O) groups is 1. The summed E-state index contributed by atoms with van der Waals surface area (Å²) < 4.78 is 0. The number of hydrogen-bond acceptors (Lipinski definition) is 4. The molecule has 1 aromatic carbocycles. The van der Waals surface area contributed by atoms with Crippen molar-refractivity contribution in [1.29, 1.82) is 0 Å². The van der Waals surface area contributed by atoms with E-state index in [-0.39, 0.29) is 48.2 Å². The van der Waals surface area contributed by atoms with Gasteiger partial charge in [0.25, 0.3) is 0 Å². The molecule has 2 unspecified atom stereocenters. The summed E-state index contributed by atoms with van der Waals surface area (Å²) in [5, 5.41) is 0. The number of nitrogens with two attached hydrogens (primary N) is 1. The van der Waals surface area contributed by atoms with Gasteiger partial charge in [-0.15, -0.1) is 24.8 Å². The maximum absolute atomic E-state index is 13.0. The van der Waals surface area contributed by atoms with Gasteiger partial charge in [0.1, 0.15) is 0 Å². The summed E-state index contributed by atoms with van der Waals surface area (Å²) in [6.07, 6.45) is 0.965. The van der Waals surface area contributed by atoms with Gasteiger partial charge in [0.15, 0.2) is 0 Å². The first-order valence-electron chi connectivity index (χ1n) is 9.47. The summed E-state index contributed by atoms with van der Waals surface area (Å²) in [6.45, 7) is 11.7. The summed E-state index contributed by atoms with van der Waals surface area (Å²) in [4.78, 5) is 19.7. The standard InChI is InChI=1S/C20H32N4O.2ClH/c1-16(24-10-9-18(21)20(2,3)15-24)19(25)23-13-11-22(12-14-23)17-7-5-4-6-8-17;;/h4-8,16,18H,9-15,21H2,1-3H3;2*1H. The largest absolute Gasteiger partial charge is 0.368 e. The zero-order chi connectivity index (χ0) is 18.0. The number of hydrogen-bond donors (Lipinski definition) is 1. The van der Waals surface area contributed by atoms with E-state index in [0.29, 0.717) is 0 Å². The Labute approximate surface area is 176 Å². The zero-order valence-electron chi connectivity index (χ0n) is 16.6. The lowest BCUT2D eigenvalue weighted by atomic mass is 9.79. The molecule has 1 amide bonds. The number of nitrogens with zero attached hydrogens (tertiary/aromatic N) is 3. The Kier molecular flexibility index (Phi) is 8.87. The van der Waals surface area contributed by atoms with E-state index in [1.54, 1.807) is 0 Å². The summed E-state index contributed by atoms with van der Waals surface area (Å²) in [5.74, 6) is 0.263. The molecular formula is C20H34Cl2N4O. The number of carbonyl (C=O) groups excluding carboxylic acids is 1. The van der Waals surface area contributed by atoms with Crippen LogP contribution in [0.2, 0.25) is 0 Å². The molecule has 2 heterocycles. The molecular weight excluding hydrogens is 383 g/mol. The number of piperazine rings is 1. The highest BCUT2D eigenvalue weighted by molar-refractivity contribution is 5.85. The van der Waals surface area contributed by atoms with Crippen LogP contribution in [0, 0.1) is 5.41 Å². The van der Waals surface area contributed by atoms with E-state index >= 15 is 0 Å². The van der Waals surface area contributed by atoms with Crippen LogP contribution in [0.15, 0.2) is 30.3 Å². The molecule has 2 saturated heterocycles. The predicted octanol–water partition coefficient (Wildman–Crippen LogP) is 2.63. The number of para-hydroxylation sites is 1. The lowest BCUT2D eigenvalue weighted by Gasteiger charge is -2.46. The number of halogens is 2. The lowest BCUT2D eigenvalue weighted by Crippen LogP contribution is -2.59. The van der Waals surface area contributed by atoms with Crippen LogP contribution in [0.1, 0.15) is 27.2 Å². The van der Waals surface area contributed by atoms with E-state index in [0.717, 1.165) is 45.7 Å². The topological polar surface area (TPSA) is 52.8 Å². The van der Waals surface area contributed by atoms with Crippen molar-refractivity contribution in [1.82, 2.24) is 9.80 Å². The van der Waals surface area contributed by atoms with Crippen molar-refractivity contribution < 1.29 is 4.79 Å². The molecule has 2 fully saturated rings. The first-order chi connectivity index (χ1) is 11.9. The molecule has 0 aromatic heterocycles. The van der Waals surface area contributed by atoms with Crippen LogP contribution >= 0.6 is 24.8 Å². The molecule has 2 aliphatic rings. The second kappa shape index (κ2) is 9.97. The summed E-state index contributed by atoms with van der Waals surface area (Å²) in [5.41, 5.74) is 7.55. The smallest absolute Gasteiger partial charge is 0.239 e. The molecule has 0 bridgehead atoms. The van der Waals surface area contributed by atoms with Crippen molar-refractivity contribution in [2.75, 3.05) is 44.2 Å². The van der Waals surface area contributed by atoms with Gasteiger partial charge < -0.3 is 15.5 Å². The third-order valence-electron chi connectivity index (χ3n) is 5.96. The van der Waals surface area contributed by atoms with Gasteiger partial charge in [0.2, 0.25) is 5.91 Å². The minimum absolute atomic E-state index is 0. The molecule has 3 rings (SSSR count). The van der Waals surface area contributed by atoms with Crippen LogP contribution in [0.25, 0.3) is 0 Å². The quantitative estimate of drug-likeness (QED) is 0.822. The fourth-order valence-electron chi connectivity index (χ4n) is 3.99. The maximum Gasteiger partial charge on any atom is 0.239 e. The van der Waals surface area contributed by atoms with Gasteiger partial charge in [-0.3, -0.25) is 9.69 Å². The van der Waals surface area contributed by atoms with Crippen LogP contribution in [0.3, 0.4) is 0 Å². The highest BCUT2D eigenvalue weighted by atomic mass is 35.5. The van der Waals surface area contributed by atoms with Crippen molar-refractivity contribution in [3.63, 3.8) is 0 Å². The van der Waals surface area contributed by atoms with Crippen molar-refractivity contribution in [3.05, 3.63) is 30.3 Å². The van der Waals surface area contributed by atoms with Gasteiger partial charge in [-0.1, -0.05) is 32.0 Å². The van der Waals surface area contributed by atoms with Gasteiger partial charge in [-0.25, -0.2) is 0 Å². The van der Waals surface area contributed by atoms with E-state index < -0.39 is 0 Å². The van der Waals surface area contributed by atoms with E-state index in [2.05, 4.69) is 54.8 Å². The van der Waals surface area contributed by atoms with Crippen molar-refractivity contribution in [2.24, 2.45) is 11.1 Å². The minimum atomic E-state index is -0.0601. The van der Waals surface area contributed by atoms with Crippen LogP contribution in [0.5, 0.6) is 0 Å². The van der Waals surface area contributed by atoms with Gasteiger partial charge in [0, 0.05) is 51.0 Å². The first kappa shape index (κ1) is 24.0. The third-order valence-corrected chi connectivity index (χ3v) is 5.96. The number of anilines is 1. The molecule has 7 heteroatoms. The number of piperidine rings is 1. The Morgan fingerprint density at radius 2 is 1.67 bits per heavy atom. The lowest BCUT2D eigenvalue weighted by molar-refractivity contribution is -0.138. The van der Waals surface area contributed by atoms with E-state index in [1.165, 1.54) is 5.69 Å². The molecule has 1 aromatic rings. The normalized spacial score (nSPS) is 23.8. The molecule has 27 heavy (non-hydrogen) atoms. The molecule has 0 radical (unpaired) electrons. The monoisotopic (exact) mass is 416 g/mol. The molecule has 0 spiro atoms. The molecule has 5 nitrogen and oxygen atoms in total. The molecule has 2 N–H and O–H groups in total. The van der Waals surface area contributed by atoms with Crippen LogP contribution in [-0.2, 0) is 4.79 Å². The van der Waals surface area contributed by atoms with Gasteiger partial charge >= 0.3 is 0 Å². The molecule has 2 atom stereocenters. The Morgan fingerprint density at radius 1 is 1.07 bits per heavy atom. The fourth-order valence-corrected chi connectivity index (χ4v) is 3.99. The number of likely N-dealkylation sites (tertiary alicyclic amines) is 1. The molecule has 154 valence electrons. The third kappa shape index (κ3) is 5.50. The Balaban J connectivity index is 0.00000182. The zero-order valence-corrected chi connectivity index (χ0v) is 18.3. The molecule has 0 saturated carbocycles. The highest BCUT2D eigenvalue weighted by Gasteiger charge is 2.38. The number of benzene rings is 1. The van der Waals surface area contributed by atoms with E-state index in [9.17, 15) is 4.79 Å². The Bertz CT molecular complexity index is 591. The van der Waals surface area contributed by atoms with Gasteiger partial charge in [-0.05, 0) is 30.9 Å². The second-order valence-electron chi connectivity index (χ2n) is 8.18. The van der Waals surface area contributed by atoms with Crippen LogP contribution in [-0.4, -0.2) is 67.1 Å². The van der Waals surface area contributed by atoms with Crippen molar-refractivity contribution in [3.8, 4) is 0 Å². The SMILES string of the molecule is CC(C(=O)N1CCN(c2ccccc2)CC1)N1CCC(N)C(C)(C)C1.Cl.Cl. The van der Waals surface area contributed by atoms with Crippen molar-refractivity contribution >= 4 is 36.4 Å². The minimum Gasteiger partial charge on any atom is -0.368 e. The van der Waals surface area contributed by atoms with Crippen LogP contribution in [0.4, 0.5) is 5.69 Å². The van der Waals surface area contributed by atoms with Gasteiger partial charge in [-0.2, -0.15) is 0 Å². The average molecular weight is 417 g/mol. The number of amides is 1. The van der Waals surface area contributed by atoms with E-state index in [4.69, 9.17) is 5.73 Å². The van der Waals surface area contributed by atoms with Crippen molar-refractivity contribution in [2.45, 2.75) is 39.3 Å². The van der Waals surface area contributed by atoms with Crippen LogP contribution < -0.4 is 10.6 Å². The highest BCUT2D eigenvalue weighted by Crippen LogP contribution is 2.29. The van der Waals surface area contributed by atoms with Gasteiger partial charge in [0.05, 0.1) is 6.04 Å². The average Bonchev–Trinajstić information content (AvgIpc) is 2.63. The second-order valence-corrected chi connectivity index (χ2v) is 8.18. The summed E-state index contributed by atoms with van der Waals surface area (Å²) in [7, 11) is 0. The Morgan fingerprint density at radius 3 is 2.22 bits per heavy atom. The summed E-state index contributed by atoms with van der Waals surface area (Å²) >= 11 is 0. The first-order valence-corrected chi connectivity index (χ1v) is 9.47. The maximum atomic E-state index is 13.0. The Hall–Kier alpha value is -1.01. The summed E-state index contributed by atoms with van der Waals surface area (Å²) in [6, 6.07) is 10.6.